The molecule has 0 radical (unpaired) electrons. The number of piperidine rings is 2. The van der Waals surface area contributed by atoms with E-state index in [0.717, 1.165) is 25.9 Å². The Kier molecular flexibility index (Phi) is 3.72. The summed E-state index contributed by atoms with van der Waals surface area (Å²) in [5.41, 5.74) is 0. The summed E-state index contributed by atoms with van der Waals surface area (Å²) in [5, 5.41) is 13.3. The normalized spacial score (nSPS) is 22.6. The maximum absolute atomic E-state index is 12.1. The van der Waals surface area contributed by atoms with Crippen molar-refractivity contribution in [2.75, 3.05) is 26.2 Å². The van der Waals surface area contributed by atoms with Crippen LogP contribution in [0.1, 0.15) is 42.7 Å². The van der Waals surface area contributed by atoms with Gasteiger partial charge in [0, 0.05) is 19.1 Å². The average molecular weight is 264 g/mol. The van der Waals surface area contributed by atoms with Gasteiger partial charge in [-0.1, -0.05) is 6.42 Å². The molecular formula is C12H20N6O. The summed E-state index contributed by atoms with van der Waals surface area (Å²) in [6.45, 7) is 4.05. The Morgan fingerprint density at radius 3 is 2.47 bits per heavy atom. The molecule has 0 bridgehead atoms. The minimum atomic E-state index is -0.106. The highest BCUT2D eigenvalue weighted by molar-refractivity contribution is 5.90. The number of tetrazole rings is 1. The van der Waals surface area contributed by atoms with E-state index in [0.29, 0.717) is 6.04 Å². The maximum atomic E-state index is 12.1. The van der Waals surface area contributed by atoms with E-state index >= 15 is 0 Å². The molecule has 3 heterocycles. The number of hydrogen-bond acceptors (Lipinski definition) is 5. The van der Waals surface area contributed by atoms with E-state index in [1.807, 2.05) is 4.90 Å². The van der Waals surface area contributed by atoms with Crippen molar-refractivity contribution in [1.29, 1.82) is 0 Å². The zero-order chi connectivity index (χ0) is 13.1. The monoisotopic (exact) mass is 264 g/mol. The zero-order valence-corrected chi connectivity index (χ0v) is 11.1. The molecule has 0 atom stereocenters. The predicted octanol–water partition coefficient (Wildman–Crippen LogP) is 0.290. The first-order valence-electron chi connectivity index (χ1n) is 7.11. The van der Waals surface area contributed by atoms with Gasteiger partial charge in [0.25, 0.3) is 11.7 Å². The molecule has 104 valence electrons. The van der Waals surface area contributed by atoms with Crippen LogP contribution in [0.4, 0.5) is 0 Å². The van der Waals surface area contributed by atoms with Crippen LogP contribution < -0.4 is 0 Å². The molecule has 0 spiro atoms. The molecule has 2 aliphatic rings. The molecule has 1 N–H and O–H groups in total. The molecule has 7 heteroatoms. The van der Waals surface area contributed by atoms with Crippen molar-refractivity contribution in [3.05, 3.63) is 5.82 Å². The largest absolute Gasteiger partial charge is 0.336 e. The summed E-state index contributed by atoms with van der Waals surface area (Å²) in [5.74, 6) is 0.0715. The van der Waals surface area contributed by atoms with Crippen molar-refractivity contribution in [2.24, 2.45) is 0 Å². The molecule has 0 aromatic carbocycles. The van der Waals surface area contributed by atoms with Crippen LogP contribution in [0.25, 0.3) is 0 Å². The first-order chi connectivity index (χ1) is 9.34. The van der Waals surface area contributed by atoms with E-state index in [-0.39, 0.29) is 11.7 Å². The smallest absolute Gasteiger partial charge is 0.295 e. The van der Waals surface area contributed by atoms with E-state index in [4.69, 9.17) is 0 Å². The highest BCUT2D eigenvalue weighted by Crippen LogP contribution is 2.21. The van der Waals surface area contributed by atoms with Gasteiger partial charge >= 0.3 is 0 Å². The number of hydrogen-bond donors (Lipinski definition) is 1. The number of aromatic nitrogens is 4. The SMILES string of the molecule is O=C(c1nn[nH]n1)N1CCC(N2CCCCC2)CC1. The van der Waals surface area contributed by atoms with Gasteiger partial charge in [0.15, 0.2) is 0 Å². The number of carbonyl (C=O) groups is 1. The second-order valence-electron chi connectivity index (χ2n) is 5.36. The minimum Gasteiger partial charge on any atom is -0.336 e. The Hall–Kier alpha value is -1.50. The molecule has 1 aromatic heterocycles. The first kappa shape index (κ1) is 12.5. The molecule has 7 nitrogen and oxygen atoms in total. The van der Waals surface area contributed by atoms with Gasteiger partial charge in [0.05, 0.1) is 0 Å². The molecule has 1 aromatic rings. The Morgan fingerprint density at radius 2 is 1.84 bits per heavy atom. The van der Waals surface area contributed by atoms with Crippen LogP contribution in [0.5, 0.6) is 0 Å². The lowest BCUT2D eigenvalue weighted by atomic mass is 10.00. The fourth-order valence-corrected chi connectivity index (χ4v) is 3.11. The number of nitrogens with one attached hydrogen (secondary N) is 1. The molecule has 3 rings (SSSR count). The van der Waals surface area contributed by atoms with Crippen LogP contribution in [-0.2, 0) is 0 Å². The standard InChI is InChI=1S/C12H20N6O/c19-12(11-13-15-16-14-11)18-8-4-10(5-9-18)17-6-2-1-3-7-17/h10H,1-9H2,(H,13,14,15,16). The lowest BCUT2D eigenvalue weighted by Gasteiger charge is -2.39. The second-order valence-corrected chi connectivity index (χ2v) is 5.36. The summed E-state index contributed by atoms with van der Waals surface area (Å²) >= 11 is 0. The number of likely N-dealkylation sites (tertiary alicyclic amines) is 2. The third kappa shape index (κ3) is 2.75. The third-order valence-corrected chi connectivity index (χ3v) is 4.20. The quantitative estimate of drug-likeness (QED) is 0.830. The van der Waals surface area contributed by atoms with Crippen LogP contribution in [-0.4, -0.2) is 68.6 Å². The average Bonchev–Trinajstić information content (AvgIpc) is 3.02. The summed E-state index contributed by atoms with van der Waals surface area (Å²) < 4.78 is 0. The van der Waals surface area contributed by atoms with Crippen molar-refractivity contribution in [2.45, 2.75) is 38.1 Å². The van der Waals surface area contributed by atoms with Crippen molar-refractivity contribution < 1.29 is 4.79 Å². The minimum absolute atomic E-state index is 0.106. The lowest BCUT2D eigenvalue weighted by molar-refractivity contribution is 0.0579. The Bertz CT molecular complexity index is 406. The summed E-state index contributed by atoms with van der Waals surface area (Å²) in [4.78, 5) is 16.5. The Balaban J connectivity index is 1.53. The first-order valence-corrected chi connectivity index (χ1v) is 7.11. The third-order valence-electron chi connectivity index (χ3n) is 4.20. The Morgan fingerprint density at radius 1 is 1.11 bits per heavy atom. The molecular weight excluding hydrogens is 244 g/mol. The number of carbonyl (C=O) groups excluding carboxylic acids is 1. The molecule has 1 amide bonds. The van der Waals surface area contributed by atoms with Gasteiger partial charge in [-0.2, -0.15) is 5.21 Å². The van der Waals surface area contributed by atoms with E-state index < -0.39 is 0 Å². The topological polar surface area (TPSA) is 78.0 Å². The van der Waals surface area contributed by atoms with Gasteiger partial charge in [-0.15, -0.1) is 10.2 Å². The Labute approximate surface area is 112 Å². The van der Waals surface area contributed by atoms with Crippen LogP contribution >= 0.6 is 0 Å². The van der Waals surface area contributed by atoms with Crippen molar-refractivity contribution in [1.82, 2.24) is 30.4 Å². The summed E-state index contributed by atoms with van der Waals surface area (Å²) in [6, 6.07) is 0.648. The molecule has 2 fully saturated rings. The number of rotatable bonds is 2. The molecule has 19 heavy (non-hydrogen) atoms. The summed E-state index contributed by atoms with van der Waals surface area (Å²) in [7, 11) is 0. The molecule has 0 aliphatic carbocycles. The highest BCUT2D eigenvalue weighted by Gasteiger charge is 2.29. The van der Waals surface area contributed by atoms with Crippen LogP contribution in [0.2, 0.25) is 0 Å². The fraction of sp³-hybridized carbons (Fsp3) is 0.833. The van der Waals surface area contributed by atoms with Gasteiger partial charge in [-0.05, 0) is 44.0 Å². The van der Waals surface area contributed by atoms with Crippen LogP contribution in [0.3, 0.4) is 0 Å². The van der Waals surface area contributed by atoms with Crippen molar-refractivity contribution in [3.8, 4) is 0 Å². The lowest BCUT2D eigenvalue weighted by Crippen LogP contribution is -2.48. The molecule has 2 aliphatic heterocycles. The van der Waals surface area contributed by atoms with Crippen LogP contribution in [0.15, 0.2) is 0 Å². The highest BCUT2D eigenvalue weighted by atomic mass is 16.2. The fourth-order valence-electron chi connectivity index (χ4n) is 3.11. The maximum Gasteiger partial charge on any atom is 0.295 e. The van der Waals surface area contributed by atoms with Gasteiger partial charge in [-0.3, -0.25) is 4.79 Å². The number of H-pyrrole nitrogens is 1. The van der Waals surface area contributed by atoms with Gasteiger partial charge in [0.2, 0.25) is 0 Å². The number of aromatic amines is 1. The molecule has 0 saturated carbocycles. The summed E-state index contributed by atoms with van der Waals surface area (Å²) in [6.07, 6.45) is 6.13. The predicted molar refractivity (Wildman–Crippen MR) is 68.5 cm³/mol. The zero-order valence-electron chi connectivity index (χ0n) is 11.1. The number of nitrogens with zero attached hydrogens (tertiary/aromatic N) is 5. The molecule has 2 saturated heterocycles. The van der Waals surface area contributed by atoms with Crippen LogP contribution in [0, 0.1) is 0 Å². The van der Waals surface area contributed by atoms with E-state index in [1.165, 1.54) is 32.4 Å². The number of amides is 1. The molecule has 0 unspecified atom stereocenters. The van der Waals surface area contributed by atoms with Gasteiger partial charge in [-0.25, -0.2) is 0 Å². The van der Waals surface area contributed by atoms with E-state index in [2.05, 4.69) is 25.5 Å². The van der Waals surface area contributed by atoms with Gasteiger partial charge in [0.1, 0.15) is 0 Å². The van der Waals surface area contributed by atoms with Crippen molar-refractivity contribution >= 4 is 5.91 Å². The second kappa shape index (κ2) is 5.64. The van der Waals surface area contributed by atoms with Gasteiger partial charge < -0.3 is 9.80 Å². The van der Waals surface area contributed by atoms with E-state index in [9.17, 15) is 4.79 Å². The van der Waals surface area contributed by atoms with E-state index in [1.54, 1.807) is 0 Å². The van der Waals surface area contributed by atoms with Crippen molar-refractivity contribution in [3.63, 3.8) is 0 Å².